The van der Waals surface area contributed by atoms with Crippen molar-refractivity contribution in [1.82, 2.24) is 5.32 Å². The summed E-state index contributed by atoms with van der Waals surface area (Å²) in [6, 6.07) is 10.6. The Kier molecular flexibility index (Phi) is 4.14. The monoisotopic (exact) mass is 277 g/mol. The van der Waals surface area contributed by atoms with Crippen molar-refractivity contribution in [3.05, 3.63) is 35.9 Å². The van der Waals surface area contributed by atoms with Crippen LogP contribution in [0, 0.1) is 0 Å². The number of nitrogens with one attached hydrogen (secondary N) is 1. The maximum atomic E-state index is 11.3. The van der Waals surface area contributed by atoms with Crippen molar-refractivity contribution in [2.75, 3.05) is 5.75 Å². The molecule has 1 heterocycles. The SMILES string of the molecule is CC(C)(NC1=NC(Cc2ccccc2)CS1)C(N)=O. The molecular formula is C14H19N3OS. The first-order valence-corrected chi connectivity index (χ1v) is 7.28. The quantitative estimate of drug-likeness (QED) is 0.877. The highest BCUT2D eigenvalue weighted by Crippen LogP contribution is 2.21. The summed E-state index contributed by atoms with van der Waals surface area (Å²) in [5.74, 6) is 0.564. The molecule has 3 N–H and O–H groups in total. The third-order valence-electron chi connectivity index (χ3n) is 3.06. The fraction of sp³-hybridized carbons (Fsp3) is 0.429. The van der Waals surface area contributed by atoms with Crippen molar-refractivity contribution in [3.63, 3.8) is 0 Å². The molecule has 19 heavy (non-hydrogen) atoms. The minimum atomic E-state index is -0.756. The van der Waals surface area contributed by atoms with Crippen molar-refractivity contribution >= 4 is 22.8 Å². The first kappa shape index (κ1) is 13.9. The molecule has 5 heteroatoms. The van der Waals surface area contributed by atoms with E-state index in [-0.39, 0.29) is 11.9 Å². The van der Waals surface area contributed by atoms with Crippen molar-refractivity contribution in [1.29, 1.82) is 0 Å². The number of benzene rings is 1. The molecule has 0 bridgehead atoms. The zero-order valence-corrected chi connectivity index (χ0v) is 12.0. The summed E-state index contributed by atoms with van der Waals surface area (Å²) in [5, 5.41) is 3.92. The van der Waals surface area contributed by atoms with Gasteiger partial charge in [0.2, 0.25) is 5.91 Å². The number of thioether (sulfide) groups is 1. The highest BCUT2D eigenvalue weighted by Gasteiger charge is 2.28. The van der Waals surface area contributed by atoms with Gasteiger partial charge in [-0.05, 0) is 25.8 Å². The first-order chi connectivity index (χ1) is 8.97. The van der Waals surface area contributed by atoms with Crippen LogP contribution >= 0.6 is 11.8 Å². The van der Waals surface area contributed by atoms with Gasteiger partial charge in [0.15, 0.2) is 5.17 Å². The van der Waals surface area contributed by atoms with E-state index in [9.17, 15) is 4.79 Å². The van der Waals surface area contributed by atoms with Crippen LogP contribution in [0.2, 0.25) is 0 Å². The van der Waals surface area contributed by atoms with Crippen LogP contribution in [-0.4, -0.2) is 28.4 Å². The minimum absolute atomic E-state index is 0.263. The summed E-state index contributed by atoms with van der Waals surface area (Å²) >= 11 is 1.65. The third kappa shape index (κ3) is 3.73. The van der Waals surface area contributed by atoms with Gasteiger partial charge in [-0.1, -0.05) is 42.1 Å². The lowest BCUT2D eigenvalue weighted by molar-refractivity contribution is -0.122. The maximum absolute atomic E-state index is 11.3. The van der Waals surface area contributed by atoms with Crippen molar-refractivity contribution in [2.45, 2.75) is 31.8 Å². The fourth-order valence-corrected chi connectivity index (χ4v) is 2.90. The Morgan fingerprint density at radius 1 is 1.47 bits per heavy atom. The number of hydrogen-bond acceptors (Lipinski definition) is 4. The molecule has 0 aliphatic carbocycles. The van der Waals surface area contributed by atoms with E-state index in [1.807, 2.05) is 18.2 Å². The lowest BCUT2D eigenvalue weighted by atomic mass is 10.1. The van der Waals surface area contributed by atoms with Crippen molar-refractivity contribution < 1.29 is 4.79 Å². The van der Waals surface area contributed by atoms with Gasteiger partial charge in [-0.25, -0.2) is 0 Å². The summed E-state index contributed by atoms with van der Waals surface area (Å²) in [4.78, 5) is 15.9. The van der Waals surface area contributed by atoms with Crippen LogP contribution in [0.1, 0.15) is 19.4 Å². The van der Waals surface area contributed by atoms with E-state index in [1.54, 1.807) is 25.6 Å². The van der Waals surface area contributed by atoms with Crippen molar-refractivity contribution in [2.24, 2.45) is 10.7 Å². The molecule has 0 saturated carbocycles. The predicted molar refractivity (Wildman–Crippen MR) is 80.2 cm³/mol. The van der Waals surface area contributed by atoms with E-state index in [2.05, 4.69) is 22.4 Å². The Balaban J connectivity index is 1.96. The second-order valence-electron chi connectivity index (χ2n) is 5.20. The number of amidine groups is 1. The standard InChI is InChI=1S/C14H19N3OS/c1-14(2,12(15)18)17-13-16-11(9-19-13)8-10-6-4-3-5-7-10/h3-7,11H,8-9H2,1-2H3,(H2,15,18)(H,16,17). The zero-order valence-electron chi connectivity index (χ0n) is 11.2. The number of hydrogen-bond donors (Lipinski definition) is 2. The maximum Gasteiger partial charge on any atom is 0.242 e. The summed E-state index contributed by atoms with van der Waals surface area (Å²) < 4.78 is 0. The normalized spacial score (nSPS) is 19.1. The molecule has 1 aliphatic rings. The minimum Gasteiger partial charge on any atom is -0.368 e. The largest absolute Gasteiger partial charge is 0.368 e. The van der Waals surface area contributed by atoms with Gasteiger partial charge in [-0.3, -0.25) is 9.79 Å². The highest BCUT2D eigenvalue weighted by atomic mass is 32.2. The van der Waals surface area contributed by atoms with Gasteiger partial charge in [-0.15, -0.1) is 0 Å². The first-order valence-electron chi connectivity index (χ1n) is 6.30. The Morgan fingerprint density at radius 2 is 2.16 bits per heavy atom. The van der Waals surface area contributed by atoms with Gasteiger partial charge in [-0.2, -0.15) is 0 Å². The summed E-state index contributed by atoms with van der Waals surface area (Å²) in [6.07, 6.45) is 0.927. The van der Waals surface area contributed by atoms with Gasteiger partial charge < -0.3 is 11.1 Å². The molecule has 102 valence electrons. The molecule has 1 amide bonds. The van der Waals surface area contributed by atoms with E-state index in [1.165, 1.54) is 5.56 Å². The molecule has 4 nitrogen and oxygen atoms in total. The predicted octanol–water partition coefficient (Wildman–Crippen LogP) is 1.55. The number of primary amides is 1. The topological polar surface area (TPSA) is 67.5 Å². The second kappa shape index (κ2) is 5.65. The Morgan fingerprint density at radius 3 is 2.79 bits per heavy atom. The van der Waals surface area contributed by atoms with Crippen LogP contribution in [0.5, 0.6) is 0 Å². The average Bonchev–Trinajstić information content (AvgIpc) is 2.77. The molecule has 1 aromatic carbocycles. The summed E-state index contributed by atoms with van der Waals surface area (Å²) in [6.45, 7) is 3.53. The Bertz CT molecular complexity index is 485. The van der Waals surface area contributed by atoms with Gasteiger partial charge in [0, 0.05) is 5.75 Å². The Labute approximate surface area is 117 Å². The van der Waals surface area contributed by atoms with Crippen LogP contribution in [-0.2, 0) is 11.2 Å². The van der Waals surface area contributed by atoms with Gasteiger partial charge >= 0.3 is 0 Å². The van der Waals surface area contributed by atoms with Crippen LogP contribution in [0.4, 0.5) is 0 Å². The molecule has 1 aromatic rings. The van der Waals surface area contributed by atoms with E-state index in [0.717, 1.165) is 17.3 Å². The van der Waals surface area contributed by atoms with Gasteiger partial charge in [0.05, 0.1) is 6.04 Å². The van der Waals surface area contributed by atoms with E-state index >= 15 is 0 Å². The molecule has 0 radical (unpaired) electrons. The molecule has 0 spiro atoms. The molecular weight excluding hydrogens is 258 g/mol. The Hall–Kier alpha value is -1.49. The van der Waals surface area contributed by atoms with E-state index in [0.29, 0.717) is 0 Å². The molecule has 0 fully saturated rings. The fourth-order valence-electron chi connectivity index (χ4n) is 1.80. The third-order valence-corrected chi connectivity index (χ3v) is 4.09. The smallest absolute Gasteiger partial charge is 0.242 e. The van der Waals surface area contributed by atoms with Crippen LogP contribution in [0.15, 0.2) is 35.3 Å². The number of nitrogens with zero attached hydrogens (tertiary/aromatic N) is 1. The number of rotatable bonds is 4. The molecule has 2 rings (SSSR count). The summed E-state index contributed by atoms with van der Waals surface area (Å²) in [5.41, 5.74) is 5.87. The number of amides is 1. The molecule has 1 unspecified atom stereocenters. The highest BCUT2D eigenvalue weighted by molar-refractivity contribution is 8.14. The number of carbonyl (C=O) groups excluding carboxylic acids is 1. The zero-order chi connectivity index (χ0) is 13.9. The van der Waals surface area contributed by atoms with Crippen LogP contribution < -0.4 is 11.1 Å². The number of aliphatic imine (C=N–C) groups is 1. The van der Waals surface area contributed by atoms with Gasteiger partial charge in [0.1, 0.15) is 5.54 Å². The molecule has 0 aromatic heterocycles. The summed E-state index contributed by atoms with van der Waals surface area (Å²) in [7, 11) is 0. The van der Waals surface area contributed by atoms with Gasteiger partial charge in [0.25, 0.3) is 0 Å². The lowest BCUT2D eigenvalue weighted by Crippen LogP contribution is -2.52. The number of carbonyl (C=O) groups is 1. The lowest BCUT2D eigenvalue weighted by Gasteiger charge is -2.22. The molecule has 1 aliphatic heterocycles. The second-order valence-corrected chi connectivity index (χ2v) is 6.21. The molecule has 1 atom stereocenters. The van der Waals surface area contributed by atoms with Crippen LogP contribution in [0.3, 0.4) is 0 Å². The van der Waals surface area contributed by atoms with E-state index in [4.69, 9.17) is 5.73 Å². The van der Waals surface area contributed by atoms with Crippen molar-refractivity contribution in [3.8, 4) is 0 Å². The van der Waals surface area contributed by atoms with E-state index < -0.39 is 5.54 Å². The molecule has 0 saturated heterocycles. The average molecular weight is 277 g/mol. The van der Waals surface area contributed by atoms with Crippen LogP contribution in [0.25, 0.3) is 0 Å². The number of nitrogens with two attached hydrogens (primary N) is 1.